The molecule has 0 saturated carbocycles. The first-order valence-corrected chi connectivity index (χ1v) is 6.87. The van der Waals surface area contributed by atoms with E-state index in [1.54, 1.807) is 12.1 Å². The third kappa shape index (κ3) is 3.49. The van der Waals surface area contributed by atoms with E-state index in [9.17, 15) is 10.1 Å². The molecule has 0 N–H and O–H groups in total. The number of nitro benzene ring substituents is 1. The van der Waals surface area contributed by atoms with Crippen molar-refractivity contribution in [2.24, 2.45) is 0 Å². The highest BCUT2D eigenvalue weighted by molar-refractivity contribution is 14.1. The van der Waals surface area contributed by atoms with Crippen LogP contribution in [0.25, 0.3) is 0 Å². The molecule has 0 heterocycles. The van der Waals surface area contributed by atoms with Crippen molar-refractivity contribution in [1.82, 2.24) is 0 Å². The first-order valence-electron chi connectivity index (χ1n) is 5.04. The minimum atomic E-state index is -0.563. The maximum Gasteiger partial charge on any atom is 0.272 e. The Balaban J connectivity index is 2.35. The molecule has 0 fully saturated rings. The monoisotopic (exact) mass is 409 g/mol. The molecule has 2 aromatic rings. The number of nitrogens with zero attached hydrogens (tertiary/aromatic N) is 1. The lowest BCUT2D eigenvalue weighted by Crippen LogP contribution is -1.91. The fourth-order valence-corrected chi connectivity index (χ4v) is 2.28. The Bertz CT molecular complexity index is 608. The Morgan fingerprint density at radius 3 is 2.11 bits per heavy atom. The Hall–Kier alpha value is -1.05. The second-order valence-electron chi connectivity index (χ2n) is 3.55. The van der Waals surface area contributed by atoms with Crippen LogP contribution in [0, 0.1) is 13.7 Å². The molecule has 2 rings (SSSR count). The van der Waals surface area contributed by atoms with E-state index < -0.39 is 4.92 Å². The second kappa shape index (κ2) is 5.94. The minimum absolute atomic E-state index is 0.0951. The second-order valence-corrected chi connectivity index (χ2v) is 5.61. The van der Waals surface area contributed by atoms with E-state index in [4.69, 9.17) is 27.9 Å². The van der Waals surface area contributed by atoms with E-state index >= 15 is 0 Å². The predicted molar refractivity (Wildman–Crippen MR) is 82.3 cm³/mol. The van der Waals surface area contributed by atoms with Crippen LogP contribution >= 0.6 is 45.8 Å². The van der Waals surface area contributed by atoms with E-state index in [0.717, 1.165) is 3.57 Å². The molecule has 0 radical (unpaired) electrons. The number of non-ortho nitro benzene ring substituents is 1. The van der Waals surface area contributed by atoms with E-state index in [-0.39, 0.29) is 21.5 Å². The van der Waals surface area contributed by atoms with Gasteiger partial charge in [-0.15, -0.1) is 0 Å². The number of hydrogen-bond donors (Lipinski definition) is 0. The summed E-state index contributed by atoms with van der Waals surface area (Å²) in [5.41, 5.74) is -0.176. The highest BCUT2D eigenvalue weighted by Gasteiger charge is 2.16. The number of benzene rings is 2. The SMILES string of the molecule is O=[N+]([O-])c1cc(Cl)c(Oc2ccc(I)cc2)c(Cl)c1. The number of ether oxygens (including phenoxy) is 1. The molecule has 0 atom stereocenters. The number of halogens is 3. The van der Waals surface area contributed by atoms with Crippen molar-refractivity contribution in [2.75, 3.05) is 0 Å². The molecule has 0 bridgehead atoms. The van der Waals surface area contributed by atoms with Gasteiger partial charge < -0.3 is 4.74 Å². The van der Waals surface area contributed by atoms with Gasteiger partial charge in [0.25, 0.3) is 5.69 Å². The number of hydrogen-bond acceptors (Lipinski definition) is 3. The highest BCUT2D eigenvalue weighted by Crippen LogP contribution is 2.39. The predicted octanol–water partition coefficient (Wildman–Crippen LogP) is 5.30. The summed E-state index contributed by atoms with van der Waals surface area (Å²) in [7, 11) is 0. The maximum atomic E-state index is 10.7. The van der Waals surface area contributed by atoms with E-state index in [0.29, 0.717) is 5.75 Å². The number of rotatable bonds is 3. The molecule has 4 nitrogen and oxygen atoms in total. The molecule has 2 aromatic carbocycles. The van der Waals surface area contributed by atoms with Crippen molar-refractivity contribution < 1.29 is 9.66 Å². The molecule has 0 aliphatic carbocycles. The Morgan fingerprint density at radius 1 is 1.11 bits per heavy atom. The standard InChI is InChI=1S/C12H6Cl2INO3/c13-10-5-8(16(17)18)6-11(14)12(10)19-9-3-1-7(15)2-4-9/h1-6H. The lowest BCUT2D eigenvalue weighted by Gasteiger charge is -2.09. The van der Waals surface area contributed by atoms with Crippen molar-refractivity contribution >= 4 is 51.5 Å². The van der Waals surface area contributed by atoms with Crippen molar-refractivity contribution in [1.29, 1.82) is 0 Å². The van der Waals surface area contributed by atoms with Crippen LogP contribution in [0.2, 0.25) is 10.0 Å². The molecular weight excluding hydrogens is 404 g/mol. The van der Waals surface area contributed by atoms with Crippen molar-refractivity contribution in [3.63, 3.8) is 0 Å². The molecule has 0 saturated heterocycles. The average Bonchev–Trinajstić information content (AvgIpc) is 2.35. The highest BCUT2D eigenvalue weighted by atomic mass is 127. The first kappa shape index (κ1) is 14.4. The topological polar surface area (TPSA) is 52.4 Å². The smallest absolute Gasteiger partial charge is 0.272 e. The van der Waals surface area contributed by atoms with Gasteiger partial charge in [0.05, 0.1) is 15.0 Å². The van der Waals surface area contributed by atoms with Gasteiger partial charge in [-0.05, 0) is 46.9 Å². The van der Waals surface area contributed by atoms with Gasteiger partial charge in [0.15, 0.2) is 5.75 Å². The summed E-state index contributed by atoms with van der Waals surface area (Å²) in [6.07, 6.45) is 0. The molecule has 7 heteroatoms. The van der Waals surface area contributed by atoms with Crippen LogP contribution in [-0.2, 0) is 0 Å². The zero-order valence-corrected chi connectivity index (χ0v) is 12.9. The van der Waals surface area contributed by atoms with Gasteiger partial charge in [0.2, 0.25) is 0 Å². The molecule has 19 heavy (non-hydrogen) atoms. The van der Waals surface area contributed by atoms with Crippen LogP contribution in [-0.4, -0.2) is 4.92 Å². The molecule has 0 amide bonds. The van der Waals surface area contributed by atoms with Gasteiger partial charge in [-0.2, -0.15) is 0 Å². The number of nitro groups is 1. The summed E-state index contributed by atoms with van der Waals surface area (Å²) in [6, 6.07) is 9.66. The van der Waals surface area contributed by atoms with E-state index in [1.807, 2.05) is 12.1 Å². The van der Waals surface area contributed by atoms with E-state index in [2.05, 4.69) is 22.6 Å². The lowest BCUT2D eigenvalue weighted by molar-refractivity contribution is -0.384. The third-order valence-electron chi connectivity index (χ3n) is 2.23. The summed E-state index contributed by atoms with van der Waals surface area (Å²) >= 11 is 14.1. The van der Waals surface area contributed by atoms with Crippen molar-refractivity contribution in [3.05, 3.63) is 60.1 Å². The average molecular weight is 410 g/mol. The van der Waals surface area contributed by atoms with Crippen LogP contribution in [0.3, 0.4) is 0 Å². The van der Waals surface area contributed by atoms with Gasteiger partial charge in [-0.1, -0.05) is 23.2 Å². The summed E-state index contributed by atoms with van der Waals surface area (Å²) in [5.74, 6) is 0.758. The maximum absolute atomic E-state index is 10.7. The van der Waals surface area contributed by atoms with Crippen LogP contribution in [0.4, 0.5) is 5.69 Å². The summed E-state index contributed by atoms with van der Waals surface area (Å²) in [4.78, 5) is 10.1. The normalized spacial score (nSPS) is 10.3. The van der Waals surface area contributed by atoms with Gasteiger partial charge in [0.1, 0.15) is 5.75 Å². The Morgan fingerprint density at radius 2 is 1.63 bits per heavy atom. The first-order chi connectivity index (χ1) is 8.97. The molecule has 0 unspecified atom stereocenters. The van der Waals surface area contributed by atoms with Crippen LogP contribution in [0.5, 0.6) is 11.5 Å². The Kier molecular flexibility index (Phi) is 4.49. The molecule has 98 valence electrons. The summed E-state index contributed by atoms with van der Waals surface area (Å²) in [5, 5.41) is 10.8. The summed E-state index contributed by atoms with van der Waals surface area (Å²) in [6.45, 7) is 0. The van der Waals surface area contributed by atoms with Crippen molar-refractivity contribution in [3.8, 4) is 11.5 Å². The van der Waals surface area contributed by atoms with Gasteiger partial charge >= 0.3 is 0 Å². The summed E-state index contributed by atoms with van der Waals surface area (Å²) < 4.78 is 6.60. The lowest BCUT2D eigenvalue weighted by atomic mass is 10.3. The third-order valence-corrected chi connectivity index (χ3v) is 3.51. The fourth-order valence-electron chi connectivity index (χ4n) is 1.37. The molecule has 0 aliphatic rings. The molecule has 0 aromatic heterocycles. The van der Waals surface area contributed by atoms with Gasteiger partial charge in [-0.25, -0.2) is 0 Å². The van der Waals surface area contributed by atoms with Gasteiger partial charge in [0, 0.05) is 15.7 Å². The van der Waals surface area contributed by atoms with Crippen LogP contribution < -0.4 is 4.74 Å². The Labute approximate surface area is 132 Å². The van der Waals surface area contributed by atoms with Crippen LogP contribution in [0.1, 0.15) is 0 Å². The van der Waals surface area contributed by atoms with Crippen LogP contribution in [0.15, 0.2) is 36.4 Å². The largest absolute Gasteiger partial charge is 0.454 e. The van der Waals surface area contributed by atoms with E-state index in [1.165, 1.54) is 12.1 Å². The van der Waals surface area contributed by atoms with Crippen molar-refractivity contribution in [2.45, 2.75) is 0 Å². The van der Waals surface area contributed by atoms with Gasteiger partial charge in [-0.3, -0.25) is 10.1 Å². The zero-order valence-electron chi connectivity index (χ0n) is 9.27. The molecule has 0 aliphatic heterocycles. The zero-order chi connectivity index (χ0) is 14.0. The molecular formula is C12H6Cl2INO3. The molecule has 0 spiro atoms. The minimum Gasteiger partial charge on any atom is -0.454 e. The fraction of sp³-hybridized carbons (Fsp3) is 0. The quantitative estimate of drug-likeness (QED) is 0.392.